The first-order chi connectivity index (χ1) is 8.99. The van der Waals surface area contributed by atoms with E-state index in [0.717, 1.165) is 12.0 Å². The molecule has 1 aromatic carbocycles. The second kappa shape index (κ2) is 7.65. The minimum atomic E-state index is -0.417. The van der Waals surface area contributed by atoms with Gasteiger partial charge in [-0.15, -0.1) is 35.3 Å². The van der Waals surface area contributed by atoms with Gasteiger partial charge in [-0.1, -0.05) is 38.1 Å². The number of hydrogen-bond acceptors (Lipinski definition) is 4. The summed E-state index contributed by atoms with van der Waals surface area (Å²) in [7, 11) is 0. The summed E-state index contributed by atoms with van der Waals surface area (Å²) < 4.78 is -0.417. The molecule has 106 valence electrons. The average molecular weight is 315 g/mol. The van der Waals surface area contributed by atoms with Crippen molar-refractivity contribution in [2.24, 2.45) is 5.92 Å². The fourth-order valence-electron chi connectivity index (χ4n) is 1.97. The normalized spacial score (nSPS) is 11.9. The molecule has 0 fully saturated rings. The summed E-state index contributed by atoms with van der Waals surface area (Å²) in [6, 6.07) is 8.10. The van der Waals surface area contributed by atoms with Crippen molar-refractivity contribution in [2.75, 3.05) is 18.8 Å². The molecule has 0 aliphatic rings. The van der Waals surface area contributed by atoms with E-state index in [-0.39, 0.29) is 5.78 Å². The van der Waals surface area contributed by atoms with Gasteiger partial charge in [0.2, 0.25) is 0 Å². The first kappa shape index (κ1) is 17.0. The number of thioether (sulfide) groups is 3. The van der Waals surface area contributed by atoms with Crippen molar-refractivity contribution < 1.29 is 4.79 Å². The Labute approximate surface area is 129 Å². The first-order valence-electron chi connectivity index (χ1n) is 6.28. The number of Topliss-reactive ketones (excluding diaryl/α,β-unsaturated/α-hetero) is 1. The number of benzene rings is 1. The van der Waals surface area contributed by atoms with Gasteiger partial charge in [0.05, 0.1) is 0 Å². The van der Waals surface area contributed by atoms with Crippen molar-refractivity contribution in [2.45, 2.75) is 23.7 Å². The van der Waals surface area contributed by atoms with E-state index >= 15 is 0 Å². The second-order valence-electron chi connectivity index (χ2n) is 4.79. The van der Waals surface area contributed by atoms with Crippen molar-refractivity contribution in [3.05, 3.63) is 35.4 Å². The molecule has 0 saturated carbocycles. The molecule has 0 bridgehead atoms. The lowest BCUT2D eigenvalue weighted by Crippen LogP contribution is -2.27. The zero-order chi connectivity index (χ0) is 14.5. The third-order valence-electron chi connectivity index (χ3n) is 2.94. The molecule has 1 rings (SSSR count). The summed E-state index contributed by atoms with van der Waals surface area (Å²) in [5.74, 6) is 0.848. The molecule has 0 heterocycles. The Balaban J connectivity index is 2.94. The van der Waals surface area contributed by atoms with E-state index in [1.54, 1.807) is 35.3 Å². The largest absolute Gasteiger partial charge is 0.291 e. The third-order valence-corrected chi connectivity index (χ3v) is 8.11. The Hall–Kier alpha value is -0.0600. The number of rotatable bonds is 7. The van der Waals surface area contributed by atoms with Gasteiger partial charge >= 0.3 is 0 Å². The van der Waals surface area contributed by atoms with E-state index in [1.165, 1.54) is 5.56 Å². The second-order valence-corrected chi connectivity index (χ2v) is 8.63. The molecule has 0 unspecified atom stereocenters. The van der Waals surface area contributed by atoms with E-state index < -0.39 is 3.41 Å². The lowest BCUT2D eigenvalue weighted by atomic mass is 10.0. The topological polar surface area (TPSA) is 17.1 Å². The highest BCUT2D eigenvalue weighted by Crippen LogP contribution is 2.45. The van der Waals surface area contributed by atoms with Crippen LogP contribution in [0.1, 0.15) is 29.8 Å². The predicted octanol–water partition coefficient (Wildman–Crippen LogP) is 4.81. The summed E-state index contributed by atoms with van der Waals surface area (Å²) >= 11 is 4.83. The van der Waals surface area contributed by atoms with Crippen LogP contribution in [0.25, 0.3) is 0 Å². The molecular formula is C15H22OS3. The van der Waals surface area contributed by atoms with E-state index in [2.05, 4.69) is 26.0 Å². The number of carbonyl (C=O) groups excluding carboxylic acids is 1. The standard InChI is InChI=1S/C15H22OS3/c1-11(2)10-12-6-8-13(9-7-12)14(16)15(17-3,18-4)19-5/h6-9,11H,10H2,1-5H3. The predicted molar refractivity (Wildman–Crippen MR) is 92.6 cm³/mol. The zero-order valence-electron chi connectivity index (χ0n) is 12.2. The van der Waals surface area contributed by atoms with Crippen LogP contribution in [0.3, 0.4) is 0 Å². The quantitative estimate of drug-likeness (QED) is 0.530. The van der Waals surface area contributed by atoms with Gasteiger partial charge < -0.3 is 0 Å². The Morgan fingerprint density at radius 3 is 1.89 bits per heavy atom. The van der Waals surface area contributed by atoms with Crippen LogP contribution in [-0.2, 0) is 6.42 Å². The van der Waals surface area contributed by atoms with Crippen molar-refractivity contribution in [1.29, 1.82) is 0 Å². The highest BCUT2D eigenvalue weighted by atomic mass is 32.3. The summed E-state index contributed by atoms with van der Waals surface area (Å²) in [4.78, 5) is 12.6. The molecule has 0 radical (unpaired) electrons. The fraction of sp³-hybridized carbons (Fsp3) is 0.533. The molecular weight excluding hydrogens is 292 g/mol. The monoisotopic (exact) mass is 314 g/mol. The van der Waals surface area contributed by atoms with Gasteiger partial charge in [-0.05, 0) is 36.7 Å². The highest BCUT2D eigenvalue weighted by molar-refractivity contribution is 8.34. The molecule has 0 N–H and O–H groups in total. The molecule has 0 saturated heterocycles. The summed E-state index contributed by atoms with van der Waals surface area (Å²) in [6.45, 7) is 4.42. The minimum absolute atomic E-state index is 0.205. The van der Waals surface area contributed by atoms with E-state index in [0.29, 0.717) is 5.92 Å². The number of carbonyl (C=O) groups is 1. The maximum atomic E-state index is 12.6. The maximum Gasteiger partial charge on any atom is 0.199 e. The molecule has 0 amide bonds. The smallest absolute Gasteiger partial charge is 0.199 e. The Morgan fingerprint density at radius 2 is 1.53 bits per heavy atom. The van der Waals surface area contributed by atoms with Gasteiger partial charge in [0.1, 0.15) is 0 Å². The van der Waals surface area contributed by atoms with Crippen LogP contribution in [-0.4, -0.2) is 28.0 Å². The molecule has 1 nitrogen and oxygen atoms in total. The Bertz CT molecular complexity index is 400. The van der Waals surface area contributed by atoms with Crippen LogP contribution >= 0.6 is 35.3 Å². The van der Waals surface area contributed by atoms with Gasteiger partial charge in [-0.25, -0.2) is 0 Å². The number of hydrogen-bond donors (Lipinski definition) is 0. The molecule has 0 aliphatic carbocycles. The van der Waals surface area contributed by atoms with Crippen molar-refractivity contribution >= 4 is 41.1 Å². The molecule has 0 atom stereocenters. The van der Waals surface area contributed by atoms with E-state index in [9.17, 15) is 4.79 Å². The molecule has 1 aromatic rings. The summed E-state index contributed by atoms with van der Waals surface area (Å²) in [5, 5.41) is 0. The average Bonchev–Trinajstić information content (AvgIpc) is 2.41. The van der Waals surface area contributed by atoms with Crippen LogP contribution < -0.4 is 0 Å². The van der Waals surface area contributed by atoms with Crippen LogP contribution in [0.15, 0.2) is 24.3 Å². The van der Waals surface area contributed by atoms with Gasteiger partial charge in [-0.2, -0.15) is 0 Å². The lowest BCUT2D eigenvalue weighted by molar-refractivity contribution is 0.100. The lowest BCUT2D eigenvalue weighted by Gasteiger charge is -2.26. The third kappa shape index (κ3) is 4.20. The number of ketones is 1. The van der Waals surface area contributed by atoms with Gasteiger partial charge in [0, 0.05) is 5.56 Å². The van der Waals surface area contributed by atoms with Gasteiger partial charge in [-0.3, -0.25) is 4.79 Å². The zero-order valence-corrected chi connectivity index (χ0v) is 14.7. The van der Waals surface area contributed by atoms with Crippen molar-refractivity contribution in [3.63, 3.8) is 0 Å². The first-order valence-corrected chi connectivity index (χ1v) is 9.95. The highest BCUT2D eigenvalue weighted by Gasteiger charge is 2.36. The Kier molecular flexibility index (Phi) is 6.84. The van der Waals surface area contributed by atoms with Gasteiger partial charge in [0.25, 0.3) is 0 Å². The SMILES string of the molecule is CSC(SC)(SC)C(=O)c1ccc(CC(C)C)cc1. The molecule has 4 heteroatoms. The van der Waals surface area contributed by atoms with Crippen molar-refractivity contribution in [3.8, 4) is 0 Å². The van der Waals surface area contributed by atoms with Crippen LogP contribution in [0, 0.1) is 5.92 Å². The molecule has 0 aliphatic heterocycles. The minimum Gasteiger partial charge on any atom is -0.291 e. The molecule has 0 spiro atoms. The fourth-order valence-corrected chi connectivity index (χ4v) is 4.88. The maximum absolute atomic E-state index is 12.6. The van der Waals surface area contributed by atoms with Crippen LogP contribution in [0.4, 0.5) is 0 Å². The summed E-state index contributed by atoms with van der Waals surface area (Å²) in [5.41, 5.74) is 2.11. The molecule has 19 heavy (non-hydrogen) atoms. The van der Waals surface area contributed by atoms with Crippen molar-refractivity contribution in [1.82, 2.24) is 0 Å². The van der Waals surface area contributed by atoms with E-state index in [4.69, 9.17) is 0 Å². The molecule has 0 aromatic heterocycles. The summed E-state index contributed by atoms with van der Waals surface area (Å²) in [6.07, 6.45) is 7.06. The van der Waals surface area contributed by atoms with E-state index in [1.807, 2.05) is 30.9 Å². The Morgan fingerprint density at radius 1 is 1.05 bits per heavy atom. The van der Waals surface area contributed by atoms with Crippen LogP contribution in [0.2, 0.25) is 0 Å². The van der Waals surface area contributed by atoms with Crippen LogP contribution in [0.5, 0.6) is 0 Å². The van der Waals surface area contributed by atoms with Gasteiger partial charge in [0.15, 0.2) is 9.19 Å².